The van der Waals surface area contributed by atoms with E-state index in [1.807, 2.05) is 37.4 Å². The Bertz CT molecular complexity index is 426. The number of benzene rings is 1. The van der Waals surface area contributed by atoms with Crippen LogP contribution in [0.2, 0.25) is 0 Å². The smallest absolute Gasteiger partial charge is 0.0597 e. The van der Waals surface area contributed by atoms with E-state index in [-0.39, 0.29) is 20.1 Å². The standard InChI is InChI=1S/C10H8BrN2.Ir/c1-8-5-6-13(12-8)10-4-2-3-9(11)7-10;/h2-3,5-7H,1H3;/q-1;. The zero-order valence-electron chi connectivity index (χ0n) is 7.49. The molecule has 75 valence electrons. The van der Waals surface area contributed by atoms with Crippen molar-refractivity contribution in [1.29, 1.82) is 0 Å². The van der Waals surface area contributed by atoms with Crippen LogP contribution in [0.25, 0.3) is 5.69 Å². The predicted molar refractivity (Wildman–Crippen MR) is 54.8 cm³/mol. The Morgan fingerprint density at radius 2 is 2.21 bits per heavy atom. The molecule has 0 aliphatic carbocycles. The first-order valence-electron chi connectivity index (χ1n) is 3.95. The van der Waals surface area contributed by atoms with Crippen molar-refractivity contribution in [2.75, 3.05) is 0 Å². The second kappa shape index (κ2) is 4.87. The molecule has 0 fully saturated rings. The Labute approximate surface area is 105 Å². The molecule has 0 aliphatic heterocycles. The van der Waals surface area contributed by atoms with Gasteiger partial charge in [0.1, 0.15) is 0 Å². The van der Waals surface area contributed by atoms with Gasteiger partial charge in [-0.1, -0.05) is 20.4 Å². The molecule has 0 unspecified atom stereocenters. The van der Waals surface area contributed by atoms with Crippen molar-refractivity contribution in [3.8, 4) is 5.69 Å². The second-order valence-corrected chi connectivity index (χ2v) is 3.71. The van der Waals surface area contributed by atoms with Gasteiger partial charge in [-0.25, -0.2) is 0 Å². The Kier molecular flexibility index (Phi) is 4.05. The maximum atomic E-state index is 4.29. The third-order valence-electron chi connectivity index (χ3n) is 1.72. The van der Waals surface area contributed by atoms with Crippen molar-refractivity contribution in [2.24, 2.45) is 0 Å². The van der Waals surface area contributed by atoms with Crippen LogP contribution in [0.1, 0.15) is 5.69 Å². The van der Waals surface area contributed by atoms with Gasteiger partial charge in [0.05, 0.1) is 5.69 Å². The van der Waals surface area contributed by atoms with E-state index in [1.165, 1.54) is 0 Å². The van der Waals surface area contributed by atoms with Crippen molar-refractivity contribution in [2.45, 2.75) is 6.92 Å². The van der Waals surface area contributed by atoms with Crippen LogP contribution >= 0.6 is 15.9 Å². The number of aromatic nitrogens is 2. The molecule has 1 heterocycles. The summed E-state index contributed by atoms with van der Waals surface area (Å²) in [5.41, 5.74) is 1.95. The normalized spacial score (nSPS) is 9.57. The first kappa shape index (κ1) is 11.6. The molecule has 2 aromatic rings. The van der Waals surface area contributed by atoms with Gasteiger partial charge in [0.15, 0.2) is 0 Å². The number of nitrogens with zero attached hydrogens (tertiary/aromatic N) is 2. The minimum atomic E-state index is 0. The van der Waals surface area contributed by atoms with E-state index in [4.69, 9.17) is 0 Å². The molecule has 2 nitrogen and oxygen atoms in total. The van der Waals surface area contributed by atoms with E-state index < -0.39 is 0 Å². The monoisotopic (exact) mass is 428 g/mol. The van der Waals surface area contributed by atoms with Gasteiger partial charge in [0.2, 0.25) is 0 Å². The van der Waals surface area contributed by atoms with Crippen molar-refractivity contribution in [3.05, 3.63) is 46.7 Å². The van der Waals surface area contributed by atoms with Crippen molar-refractivity contribution in [1.82, 2.24) is 9.78 Å². The molecule has 1 aromatic carbocycles. The molecule has 0 spiro atoms. The average molecular weight is 428 g/mol. The summed E-state index contributed by atoms with van der Waals surface area (Å²) in [6.07, 6.45) is 1.92. The van der Waals surface area contributed by atoms with Gasteiger partial charge < -0.3 is 0 Å². The molecule has 0 saturated heterocycles. The second-order valence-electron chi connectivity index (χ2n) is 2.79. The maximum absolute atomic E-state index is 4.29. The molecule has 1 aromatic heterocycles. The third-order valence-corrected chi connectivity index (χ3v) is 2.21. The zero-order valence-corrected chi connectivity index (χ0v) is 11.5. The fraction of sp³-hybridized carbons (Fsp3) is 0.100. The van der Waals surface area contributed by atoms with E-state index >= 15 is 0 Å². The van der Waals surface area contributed by atoms with Gasteiger partial charge in [-0.2, -0.15) is 23.3 Å². The van der Waals surface area contributed by atoms with Crippen molar-refractivity contribution < 1.29 is 20.1 Å². The molecular weight excluding hydrogens is 420 g/mol. The van der Waals surface area contributed by atoms with Crippen LogP contribution in [0.15, 0.2) is 34.9 Å². The quantitative estimate of drug-likeness (QED) is 0.639. The van der Waals surface area contributed by atoms with E-state index in [1.54, 1.807) is 4.68 Å². The molecule has 0 atom stereocenters. The number of hydrogen-bond acceptors (Lipinski definition) is 1. The molecule has 0 bridgehead atoms. The summed E-state index contributed by atoms with van der Waals surface area (Å²) < 4.78 is 2.84. The zero-order chi connectivity index (χ0) is 9.26. The fourth-order valence-corrected chi connectivity index (χ4v) is 1.46. The van der Waals surface area contributed by atoms with Crippen LogP contribution in [-0.2, 0) is 20.1 Å². The number of hydrogen-bond donors (Lipinski definition) is 0. The van der Waals surface area contributed by atoms with E-state index in [0.29, 0.717) is 0 Å². The van der Waals surface area contributed by atoms with Gasteiger partial charge >= 0.3 is 0 Å². The summed E-state index contributed by atoms with van der Waals surface area (Å²) in [6.45, 7) is 1.97. The summed E-state index contributed by atoms with van der Waals surface area (Å²) in [5, 5.41) is 4.29. The summed E-state index contributed by atoms with van der Waals surface area (Å²) in [7, 11) is 0. The molecule has 0 saturated carbocycles. The number of halogens is 1. The maximum Gasteiger partial charge on any atom is 0.0597 e. The van der Waals surface area contributed by atoms with Crippen LogP contribution in [0.4, 0.5) is 0 Å². The van der Waals surface area contributed by atoms with Crippen LogP contribution < -0.4 is 0 Å². The van der Waals surface area contributed by atoms with E-state index in [9.17, 15) is 0 Å². The fourth-order valence-electron chi connectivity index (χ4n) is 1.11. The minimum Gasteiger partial charge on any atom is -0.265 e. The molecule has 2 rings (SSSR count). The largest absolute Gasteiger partial charge is 0.265 e. The van der Waals surface area contributed by atoms with Crippen LogP contribution in [-0.4, -0.2) is 9.78 Å². The SMILES string of the molecule is Cc1ccn(-c2[c-]ccc(Br)c2)n1.[Ir]. The molecule has 0 N–H and O–H groups in total. The first-order valence-corrected chi connectivity index (χ1v) is 4.75. The van der Waals surface area contributed by atoms with Gasteiger partial charge in [0, 0.05) is 26.3 Å². The summed E-state index contributed by atoms with van der Waals surface area (Å²) >= 11 is 3.41. The Balaban J connectivity index is 0.000000980. The first-order chi connectivity index (χ1) is 6.25. The van der Waals surface area contributed by atoms with Gasteiger partial charge in [-0.15, -0.1) is 6.07 Å². The Hall–Kier alpha value is -0.441. The molecule has 4 heteroatoms. The molecular formula is C10H8BrIrN2-. The average Bonchev–Trinajstić information content (AvgIpc) is 2.52. The van der Waals surface area contributed by atoms with Crippen molar-refractivity contribution >= 4 is 15.9 Å². The van der Waals surface area contributed by atoms with Gasteiger partial charge in [0.25, 0.3) is 0 Å². The van der Waals surface area contributed by atoms with E-state index in [0.717, 1.165) is 15.9 Å². The molecule has 1 radical (unpaired) electrons. The Morgan fingerprint density at radius 1 is 1.43 bits per heavy atom. The van der Waals surface area contributed by atoms with Crippen molar-refractivity contribution in [3.63, 3.8) is 0 Å². The predicted octanol–water partition coefficient (Wildman–Crippen LogP) is 2.74. The van der Waals surface area contributed by atoms with Gasteiger partial charge in [-0.05, 0) is 18.7 Å². The summed E-state index contributed by atoms with van der Waals surface area (Å²) in [5.74, 6) is 0. The summed E-state index contributed by atoms with van der Waals surface area (Å²) in [6, 6.07) is 10.9. The number of aryl methyl sites for hydroxylation is 1. The van der Waals surface area contributed by atoms with Crippen LogP contribution in [0.5, 0.6) is 0 Å². The van der Waals surface area contributed by atoms with E-state index in [2.05, 4.69) is 27.1 Å². The van der Waals surface area contributed by atoms with Crippen LogP contribution in [0, 0.1) is 13.0 Å². The third kappa shape index (κ3) is 2.53. The molecule has 0 aliphatic rings. The topological polar surface area (TPSA) is 17.8 Å². The minimum absolute atomic E-state index is 0. The number of rotatable bonds is 1. The molecule has 14 heavy (non-hydrogen) atoms. The Morgan fingerprint density at radius 3 is 2.79 bits per heavy atom. The molecule has 0 amide bonds. The van der Waals surface area contributed by atoms with Crippen LogP contribution in [0.3, 0.4) is 0 Å². The van der Waals surface area contributed by atoms with Gasteiger partial charge in [-0.3, -0.25) is 4.68 Å². The summed E-state index contributed by atoms with van der Waals surface area (Å²) in [4.78, 5) is 0.